The lowest BCUT2D eigenvalue weighted by Crippen LogP contribution is -2.34. The molecule has 20 heavy (non-hydrogen) atoms. The molecule has 1 aromatic carbocycles. The Hall–Kier alpha value is -1.10. The smallest absolute Gasteiger partial charge is 0.176 e. The van der Waals surface area contributed by atoms with Crippen LogP contribution in [0.1, 0.15) is 38.3 Å². The first-order chi connectivity index (χ1) is 9.78. The van der Waals surface area contributed by atoms with Crippen LogP contribution in [0.3, 0.4) is 0 Å². The van der Waals surface area contributed by atoms with Gasteiger partial charge < -0.3 is 19.5 Å². The summed E-state index contributed by atoms with van der Waals surface area (Å²) in [6, 6.07) is 8.17. The van der Waals surface area contributed by atoms with E-state index in [2.05, 4.69) is 17.4 Å². The highest BCUT2D eigenvalue weighted by Crippen LogP contribution is 2.29. The normalized spacial score (nSPS) is 16.4. The lowest BCUT2D eigenvalue weighted by atomic mass is 10.1. The molecule has 1 aromatic rings. The third-order valence-electron chi connectivity index (χ3n) is 3.29. The molecule has 0 aromatic heterocycles. The highest BCUT2D eigenvalue weighted by molar-refractivity contribution is 5.31. The Labute approximate surface area is 121 Å². The van der Waals surface area contributed by atoms with Gasteiger partial charge in [-0.15, -0.1) is 0 Å². The first kappa shape index (κ1) is 15.3. The van der Waals surface area contributed by atoms with Crippen LogP contribution in [0.25, 0.3) is 0 Å². The molecular weight excluding hydrogens is 254 g/mol. The summed E-state index contributed by atoms with van der Waals surface area (Å²) < 4.78 is 17.2. The van der Waals surface area contributed by atoms with E-state index in [0.717, 1.165) is 11.3 Å². The van der Waals surface area contributed by atoms with Crippen molar-refractivity contribution in [3.8, 4) is 5.75 Å². The molecule has 1 saturated carbocycles. The summed E-state index contributed by atoms with van der Waals surface area (Å²) in [6.07, 6.45) is 2.46. The molecule has 4 heteroatoms. The zero-order valence-corrected chi connectivity index (χ0v) is 12.6. The van der Waals surface area contributed by atoms with Crippen LogP contribution >= 0.6 is 0 Å². The Kier molecular flexibility index (Phi) is 5.83. The molecule has 1 N–H and O–H groups in total. The van der Waals surface area contributed by atoms with E-state index in [1.165, 1.54) is 12.8 Å². The van der Waals surface area contributed by atoms with Crippen molar-refractivity contribution in [1.82, 2.24) is 5.32 Å². The standard InChI is InChI=1S/C16H25NO3/c1-4-18-16(19-5-2)15(17-3)12-7-6-8-14(11-12)20-13-9-10-13/h6-8,11,13,15-17H,4-5,9-10H2,1-3H3. The summed E-state index contributed by atoms with van der Waals surface area (Å²) in [5, 5.41) is 3.28. The van der Waals surface area contributed by atoms with E-state index in [0.29, 0.717) is 19.3 Å². The van der Waals surface area contributed by atoms with Gasteiger partial charge in [-0.3, -0.25) is 0 Å². The Morgan fingerprint density at radius 1 is 1.20 bits per heavy atom. The summed E-state index contributed by atoms with van der Waals surface area (Å²) >= 11 is 0. The zero-order chi connectivity index (χ0) is 14.4. The Morgan fingerprint density at radius 2 is 1.90 bits per heavy atom. The molecule has 4 nitrogen and oxygen atoms in total. The number of likely N-dealkylation sites (N-methyl/N-ethyl adjacent to an activating group) is 1. The van der Waals surface area contributed by atoms with Gasteiger partial charge in [0, 0.05) is 13.2 Å². The number of rotatable bonds is 9. The minimum atomic E-state index is -0.286. The molecule has 1 unspecified atom stereocenters. The van der Waals surface area contributed by atoms with E-state index in [-0.39, 0.29) is 12.3 Å². The molecule has 1 fully saturated rings. The SMILES string of the molecule is CCOC(OCC)C(NC)c1cccc(OC2CC2)c1. The van der Waals surface area contributed by atoms with Crippen LogP contribution in [0.4, 0.5) is 0 Å². The minimum absolute atomic E-state index is 0.00217. The molecule has 0 spiro atoms. The summed E-state index contributed by atoms with van der Waals surface area (Å²) in [5.41, 5.74) is 1.12. The van der Waals surface area contributed by atoms with Gasteiger partial charge in [0.05, 0.1) is 12.1 Å². The summed E-state index contributed by atoms with van der Waals surface area (Å²) in [6.45, 7) is 5.21. The first-order valence-electron chi connectivity index (χ1n) is 7.45. The molecule has 0 amide bonds. The van der Waals surface area contributed by atoms with Crippen molar-refractivity contribution in [1.29, 1.82) is 0 Å². The fourth-order valence-electron chi connectivity index (χ4n) is 2.19. The molecule has 1 atom stereocenters. The van der Waals surface area contributed by atoms with Crippen molar-refractivity contribution >= 4 is 0 Å². The lowest BCUT2D eigenvalue weighted by molar-refractivity contribution is -0.154. The predicted molar refractivity (Wildman–Crippen MR) is 78.9 cm³/mol. The van der Waals surface area contributed by atoms with Gasteiger partial charge in [0.1, 0.15) is 5.75 Å². The molecule has 1 aliphatic carbocycles. The molecule has 0 bridgehead atoms. The van der Waals surface area contributed by atoms with E-state index >= 15 is 0 Å². The highest BCUT2D eigenvalue weighted by atomic mass is 16.7. The van der Waals surface area contributed by atoms with Crippen molar-refractivity contribution < 1.29 is 14.2 Å². The van der Waals surface area contributed by atoms with E-state index in [1.54, 1.807) is 0 Å². The fourth-order valence-corrected chi connectivity index (χ4v) is 2.19. The summed E-state index contributed by atoms with van der Waals surface area (Å²) in [5.74, 6) is 0.928. The fraction of sp³-hybridized carbons (Fsp3) is 0.625. The molecule has 112 valence electrons. The molecule has 0 radical (unpaired) electrons. The van der Waals surface area contributed by atoms with Crippen LogP contribution in [0.5, 0.6) is 5.75 Å². The maximum absolute atomic E-state index is 5.85. The quantitative estimate of drug-likeness (QED) is 0.706. The zero-order valence-electron chi connectivity index (χ0n) is 12.6. The van der Waals surface area contributed by atoms with E-state index in [9.17, 15) is 0 Å². The van der Waals surface area contributed by atoms with Gasteiger partial charge in [-0.25, -0.2) is 0 Å². The maximum atomic E-state index is 5.85. The van der Waals surface area contributed by atoms with Gasteiger partial charge in [-0.05, 0) is 51.4 Å². The van der Waals surface area contributed by atoms with Crippen LogP contribution in [0.15, 0.2) is 24.3 Å². The third kappa shape index (κ3) is 4.20. The third-order valence-corrected chi connectivity index (χ3v) is 3.29. The van der Waals surface area contributed by atoms with Crippen molar-refractivity contribution in [2.75, 3.05) is 20.3 Å². The minimum Gasteiger partial charge on any atom is -0.490 e. The van der Waals surface area contributed by atoms with Gasteiger partial charge in [-0.1, -0.05) is 12.1 Å². The van der Waals surface area contributed by atoms with Crippen LogP contribution in [0.2, 0.25) is 0 Å². The van der Waals surface area contributed by atoms with Gasteiger partial charge in [-0.2, -0.15) is 0 Å². The van der Waals surface area contributed by atoms with Crippen LogP contribution in [-0.4, -0.2) is 32.7 Å². The number of hydrogen-bond donors (Lipinski definition) is 1. The van der Waals surface area contributed by atoms with E-state index in [1.807, 2.05) is 33.0 Å². The highest BCUT2D eigenvalue weighted by Gasteiger charge is 2.25. The average molecular weight is 279 g/mol. The Balaban J connectivity index is 2.11. The van der Waals surface area contributed by atoms with Crippen LogP contribution in [-0.2, 0) is 9.47 Å². The van der Waals surface area contributed by atoms with E-state index in [4.69, 9.17) is 14.2 Å². The monoisotopic (exact) mass is 279 g/mol. The molecule has 0 heterocycles. The van der Waals surface area contributed by atoms with Crippen molar-refractivity contribution in [2.45, 2.75) is 45.1 Å². The van der Waals surface area contributed by atoms with Crippen LogP contribution < -0.4 is 10.1 Å². The molecule has 1 aliphatic rings. The van der Waals surface area contributed by atoms with Gasteiger partial charge in [0.15, 0.2) is 6.29 Å². The van der Waals surface area contributed by atoms with E-state index < -0.39 is 0 Å². The lowest BCUT2D eigenvalue weighted by Gasteiger charge is -2.27. The Bertz CT molecular complexity index is 400. The molecule has 0 aliphatic heterocycles. The van der Waals surface area contributed by atoms with Crippen LogP contribution in [0, 0.1) is 0 Å². The van der Waals surface area contributed by atoms with Crippen molar-refractivity contribution in [2.24, 2.45) is 0 Å². The number of nitrogens with one attached hydrogen (secondary N) is 1. The summed E-state index contributed by atoms with van der Waals surface area (Å²) in [4.78, 5) is 0. The second kappa shape index (κ2) is 7.62. The molecular formula is C16H25NO3. The maximum Gasteiger partial charge on any atom is 0.176 e. The largest absolute Gasteiger partial charge is 0.490 e. The second-order valence-corrected chi connectivity index (χ2v) is 4.94. The predicted octanol–water partition coefficient (Wildman–Crippen LogP) is 2.89. The van der Waals surface area contributed by atoms with Crippen molar-refractivity contribution in [3.63, 3.8) is 0 Å². The van der Waals surface area contributed by atoms with Gasteiger partial charge in [0.25, 0.3) is 0 Å². The molecule has 2 rings (SSSR count). The van der Waals surface area contributed by atoms with Gasteiger partial charge >= 0.3 is 0 Å². The molecule has 0 saturated heterocycles. The first-order valence-corrected chi connectivity index (χ1v) is 7.45. The average Bonchev–Trinajstić information content (AvgIpc) is 3.24. The number of hydrogen-bond acceptors (Lipinski definition) is 4. The second-order valence-electron chi connectivity index (χ2n) is 4.94. The number of ether oxygens (including phenoxy) is 3. The summed E-state index contributed by atoms with van der Waals surface area (Å²) in [7, 11) is 1.92. The Morgan fingerprint density at radius 3 is 2.45 bits per heavy atom. The van der Waals surface area contributed by atoms with Crippen molar-refractivity contribution in [3.05, 3.63) is 29.8 Å². The number of benzene rings is 1. The van der Waals surface area contributed by atoms with Gasteiger partial charge in [0.2, 0.25) is 0 Å². The topological polar surface area (TPSA) is 39.7 Å².